The molecule has 0 radical (unpaired) electrons. The topological polar surface area (TPSA) is 56.7 Å². The van der Waals surface area contributed by atoms with E-state index in [-0.39, 0.29) is 5.82 Å². The van der Waals surface area contributed by atoms with Crippen molar-refractivity contribution < 1.29 is 4.39 Å². The van der Waals surface area contributed by atoms with Crippen LogP contribution in [-0.4, -0.2) is 14.8 Å². The second-order valence-electron chi connectivity index (χ2n) is 4.57. The maximum Gasteiger partial charge on any atom is 0.133 e. The van der Waals surface area contributed by atoms with Gasteiger partial charge in [0.15, 0.2) is 0 Å². The summed E-state index contributed by atoms with van der Waals surface area (Å²) >= 11 is 3.25. The molecule has 0 aliphatic carbocycles. The van der Waals surface area contributed by atoms with Crippen molar-refractivity contribution in [2.75, 3.05) is 5.73 Å². The van der Waals surface area contributed by atoms with Crippen LogP contribution >= 0.6 is 15.9 Å². The molecule has 0 amide bonds. The first-order chi connectivity index (χ1) is 10.1. The van der Waals surface area contributed by atoms with Crippen LogP contribution in [0.4, 0.5) is 10.2 Å². The average Bonchev–Trinajstić information content (AvgIpc) is 2.75. The van der Waals surface area contributed by atoms with Crippen molar-refractivity contribution in [2.24, 2.45) is 7.05 Å². The third kappa shape index (κ3) is 2.42. The zero-order valence-electron chi connectivity index (χ0n) is 11.2. The van der Waals surface area contributed by atoms with Gasteiger partial charge < -0.3 is 5.73 Å². The predicted molar refractivity (Wildman–Crippen MR) is 83.9 cm³/mol. The molecule has 0 atom stereocenters. The second kappa shape index (κ2) is 5.29. The lowest BCUT2D eigenvalue weighted by Crippen LogP contribution is -1.98. The summed E-state index contributed by atoms with van der Waals surface area (Å²) in [6, 6.07) is 10.3. The lowest BCUT2D eigenvalue weighted by Gasteiger charge is -2.05. The van der Waals surface area contributed by atoms with Crippen LogP contribution < -0.4 is 5.73 Å². The van der Waals surface area contributed by atoms with Gasteiger partial charge in [-0.15, -0.1) is 0 Å². The third-order valence-corrected chi connectivity index (χ3v) is 3.69. The summed E-state index contributed by atoms with van der Waals surface area (Å²) in [6.07, 6.45) is 1.67. The number of hydrogen-bond donors (Lipinski definition) is 1. The van der Waals surface area contributed by atoms with Crippen LogP contribution in [0.2, 0.25) is 0 Å². The predicted octanol–water partition coefficient (Wildman–Crippen LogP) is 3.63. The quantitative estimate of drug-likeness (QED) is 0.770. The van der Waals surface area contributed by atoms with E-state index in [9.17, 15) is 4.39 Å². The van der Waals surface area contributed by atoms with Gasteiger partial charge in [0.2, 0.25) is 0 Å². The third-order valence-electron chi connectivity index (χ3n) is 3.20. The molecule has 0 aliphatic rings. The summed E-state index contributed by atoms with van der Waals surface area (Å²) in [4.78, 5) is 4.29. The highest BCUT2D eigenvalue weighted by Crippen LogP contribution is 2.36. The Morgan fingerprint density at radius 3 is 2.71 bits per heavy atom. The number of benzene rings is 1. The van der Waals surface area contributed by atoms with Crippen LogP contribution in [0.15, 0.2) is 47.1 Å². The molecule has 21 heavy (non-hydrogen) atoms. The molecule has 2 heterocycles. The van der Waals surface area contributed by atoms with Gasteiger partial charge in [0.05, 0.1) is 11.3 Å². The van der Waals surface area contributed by atoms with Crippen molar-refractivity contribution in [3.05, 3.63) is 52.9 Å². The van der Waals surface area contributed by atoms with E-state index < -0.39 is 0 Å². The Balaban J connectivity index is 2.27. The Labute approximate surface area is 129 Å². The van der Waals surface area contributed by atoms with Crippen LogP contribution in [0.1, 0.15) is 0 Å². The van der Waals surface area contributed by atoms with E-state index >= 15 is 0 Å². The second-order valence-corrected chi connectivity index (χ2v) is 5.49. The molecule has 2 aromatic heterocycles. The molecule has 0 saturated heterocycles. The van der Waals surface area contributed by atoms with Gasteiger partial charge in [-0.2, -0.15) is 5.10 Å². The minimum absolute atomic E-state index is 0.361. The summed E-state index contributed by atoms with van der Waals surface area (Å²) < 4.78 is 16.4. The minimum Gasteiger partial charge on any atom is -0.383 e. The van der Waals surface area contributed by atoms with Crippen LogP contribution in [0.3, 0.4) is 0 Å². The van der Waals surface area contributed by atoms with Crippen LogP contribution in [0, 0.1) is 5.82 Å². The molecule has 0 aliphatic heterocycles. The van der Waals surface area contributed by atoms with Crippen molar-refractivity contribution in [3.63, 3.8) is 0 Å². The standard InChI is InChI=1S/C15H12BrFN4/c1-21-15(18)13(12-4-2-3-7-19-12)14(20-21)10-6-5-9(16)8-11(10)17/h2-8H,18H2,1H3. The number of nitrogens with zero attached hydrogens (tertiary/aromatic N) is 3. The van der Waals surface area contributed by atoms with E-state index in [0.29, 0.717) is 32.8 Å². The molecule has 3 rings (SSSR count). The summed E-state index contributed by atoms with van der Waals surface area (Å²) in [5, 5.41) is 4.34. The van der Waals surface area contributed by atoms with Gasteiger partial charge in [0, 0.05) is 23.3 Å². The number of hydrogen-bond acceptors (Lipinski definition) is 3. The first-order valence-electron chi connectivity index (χ1n) is 6.27. The van der Waals surface area contributed by atoms with Crippen molar-refractivity contribution in [1.82, 2.24) is 14.8 Å². The summed E-state index contributed by atoms with van der Waals surface area (Å²) in [5.41, 5.74) is 8.27. The number of pyridine rings is 1. The van der Waals surface area contributed by atoms with Gasteiger partial charge in [-0.1, -0.05) is 22.0 Å². The Morgan fingerprint density at radius 2 is 2.05 bits per heavy atom. The Kier molecular flexibility index (Phi) is 3.47. The van der Waals surface area contributed by atoms with Crippen molar-refractivity contribution >= 4 is 21.7 Å². The largest absolute Gasteiger partial charge is 0.383 e. The molecule has 0 spiro atoms. The van der Waals surface area contributed by atoms with E-state index in [0.717, 1.165) is 0 Å². The molecule has 106 valence electrons. The SMILES string of the molecule is Cn1nc(-c2ccc(Br)cc2F)c(-c2ccccn2)c1N. The number of nitrogen functional groups attached to an aromatic ring is 1. The summed E-state index contributed by atoms with van der Waals surface area (Å²) in [5.74, 6) is 0.0886. The highest BCUT2D eigenvalue weighted by molar-refractivity contribution is 9.10. The molecule has 0 fully saturated rings. The Hall–Kier alpha value is -2.21. The maximum atomic E-state index is 14.2. The van der Waals surface area contributed by atoms with E-state index in [1.807, 2.05) is 18.2 Å². The zero-order chi connectivity index (χ0) is 15.0. The van der Waals surface area contributed by atoms with Gasteiger partial charge in [-0.05, 0) is 30.3 Å². The summed E-state index contributed by atoms with van der Waals surface area (Å²) in [7, 11) is 1.72. The molecule has 4 nitrogen and oxygen atoms in total. The number of rotatable bonds is 2. The van der Waals surface area contributed by atoms with Crippen molar-refractivity contribution in [1.29, 1.82) is 0 Å². The van der Waals surface area contributed by atoms with Crippen molar-refractivity contribution in [3.8, 4) is 22.5 Å². The highest BCUT2D eigenvalue weighted by atomic mass is 79.9. The minimum atomic E-state index is -0.361. The molecular weight excluding hydrogens is 335 g/mol. The van der Waals surface area contributed by atoms with Crippen molar-refractivity contribution in [2.45, 2.75) is 0 Å². The van der Waals surface area contributed by atoms with Crippen LogP contribution in [-0.2, 0) is 7.05 Å². The van der Waals surface area contributed by atoms with Crippen LogP contribution in [0.25, 0.3) is 22.5 Å². The number of aryl methyl sites for hydroxylation is 1. The van der Waals surface area contributed by atoms with E-state index in [1.165, 1.54) is 10.7 Å². The van der Waals surface area contributed by atoms with Gasteiger partial charge >= 0.3 is 0 Å². The monoisotopic (exact) mass is 346 g/mol. The number of halogens is 2. The van der Waals surface area contributed by atoms with E-state index in [4.69, 9.17) is 5.73 Å². The molecule has 0 unspecified atom stereocenters. The highest BCUT2D eigenvalue weighted by Gasteiger charge is 2.20. The smallest absolute Gasteiger partial charge is 0.133 e. The lowest BCUT2D eigenvalue weighted by molar-refractivity contribution is 0.629. The Morgan fingerprint density at radius 1 is 1.24 bits per heavy atom. The fourth-order valence-electron chi connectivity index (χ4n) is 2.17. The van der Waals surface area contributed by atoms with Gasteiger partial charge in [-0.3, -0.25) is 9.67 Å². The molecular formula is C15H12BrFN4. The maximum absolute atomic E-state index is 14.2. The molecule has 0 bridgehead atoms. The number of nitrogens with two attached hydrogens (primary N) is 1. The normalized spacial score (nSPS) is 10.8. The average molecular weight is 347 g/mol. The lowest BCUT2D eigenvalue weighted by atomic mass is 10.0. The number of aromatic nitrogens is 3. The summed E-state index contributed by atoms with van der Waals surface area (Å²) in [6.45, 7) is 0. The first kappa shape index (κ1) is 13.8. The first-order valence-corrected chi connectivity index (χ1v) is 7.06. The molecule has 0 saturated carbocycles. The van der Waals surface area contributed by atoms with Gasteiger partial charge in [0.1, 0.15) is 17.3 Å². The molecule has 3 aromatic rings. The molecule has 2 N–H and O–H groups in total. The fraction of sp³-hybridized carbons (Fsp3) is 0.0667. The van der Waals surface area contributed by atoms with Gasteiger partial charge in [-0.25, -0.2) is 4.39 Å². The van der Waals surface area contributed by atoms with E-state index in [1.54, 1.807) is 25.4 Å². The fourth-order valence-corrected chi connectivity index (χ4v) is 2.50. The molecule has 1 aromatic carbocycles. The Bertz CT molecular complexity index is 799. The number of anilines is 1. The van der Waals surface area contributed by atoms with E-state index in [2.05, 4.69) is 26.0 Å². The zero-order valence-corrected chi connectivity index (χ0v) is 12.8. The van der Waals surface area contributed by atoms with Gasteiger partial charge in [0.25, 0.3) is 0 Å². The van der Waals surface area contributed by atoms with Crippen LogP contribution in [0.5, 0.6) is 0 Å². The molecule has 6 heteroatoms.